The molecule has 106 valence electrons. The van der Waals surface area contributed by atoms with Crippen LogP contribution in [0.3, 0.4) is 0 Å². The van der Waals surface area contributed by atoms with Crippen molar-refractivity contribution < 1.29 is 18.9 Å². The van der Waals surface area contributed by atoms with Gasteiger partial charge in [-0.25, -0.2) is 0 Å². The van der Waals surface area contributed by atoms with Crippen LogP contribution in [0.5, 0.6) is 0 Å². The molecule has 0 aliphatic carbocycles. The maximum Gasteiger partial charge on any atom is 0.187 e. The van der Waals surface area contributed by atoms with Gasteiger partial charge in [-0.3, -0.25) is 4.68 Å². The highest BCUT2D eigenvalue weighted by atomic mass is 16.8. The molecule has 0 bridgehead atoms. The van der Waals surface area contributed by atoms with Gasteiger partial charge in [-0.15, -0.1) is 5.10 Å². The summed E-state index contributed by atoms with van der Waals surface area (Å²) >= 11 is 0. The molecule has 2 fully saturated rings. The molecule has 7 heteroatoms. The molecule has 1 unspecified atom stereocenters. The summed E-state index contributed by atoms with van der Waals surface area (Å²) in [7, 11) is 1.60. The normalized spacial score (nSPS) is 36.6. The van der Waals surface area contributed by atoms with E-state index in [1.54, 1.807) is 11.8 Å². The second-order valence-electron chi connectivity index (χ2n) is 5.22. The topological polar surface area (TPSA) is 67.6 Å². The maximum absolute atomic E-state index is 5.91. The Morgan fingerprint density at radius 2 is 2.11 bits per heavy atom. The summed E-state index contributed by atoms with van der Waals surface area (Å²) in [6.07, 6.45) is 0.661. The molecule has 0 spiro atoms. The highest BCUT2D eigenvalue weighted by Gasteiger charge is 2.56. The van der Waals surface area contributed by atoms with Crippen molar-refractivity contribution in [2.45, 2.75) is 57.7 Å². The smallest absolute Gasteiger partial charge is 0.187 e. The molecule has 4 atom stereocenters. The monoisotopic (exact) mass is 269 g/mol. The molecule has 0 amide bonds. The van der Waals surface area contributed by atoms with Gasteiger partial charge >= 0.3 is 0 Å². The van der Waals surface area contributed by atoms with Crippen LogP contribution in [0, 0.1) is 0 Å². The second kappa shape index (κ2) is 4.52. The molecular formula is C12H19N3O4. The molecule has 2 aliphatic heterocycles. The fourth-order valence-electron chi connectivity index (χ4n) is 2.59. The van der Waals surface area contributed by atoms with Crippen molar-refractivity contribution >= 4 is 0 Å². The van der Waals surface area contributed by atoms with E-state index < -0.39 is 12.1 Å². The molecule has 7 nitrogen and oxygen atoms in total. The fourth-order valence-corrected chi connectivity index (χ4v) is 2.59. The van der Waals surface area contributed by atoms with Gasteiger partial charge < -0.3 is 18.9 Å². The minimum Gasteiger partial charge on any atom is -0.353 e. The quantitative estimate of drug-likeness (QED) is 0.811. The number of hydrogen-bond donors (Lipinski definition) is 0. The van der Waals surface area contributed by atoms with E-state index in [0.717, 1.165) is 12.2 Å². The summed E-state index contributed by atoms with van der Waals surface area (Å²) in [5, 5.41) is 8.17. The lowest BCUT2D eigenvalue weighted by Gasteiger charge is -2.22. The van der Waals surface area contributed by atoms with E-state index in [1.807, 2.05) is 27.0 Å². The van der Waals surface area contributed by atoms with Crippen LogP contribution in [0.15, 0.2) is 6.20 Å². The molecule has 19 heavy (non-hydrogen) atoms. The van der Waals surface area contributed by atoms with Crippen molar-refractivity contribution in [2.24, 2.45) is 0 Å². The van der Waals surface area contributed by atoms with Crippen molar-refractivity contribution in [3.8, 4) is 0 Å². The second-order valence-corrected chi connectivity index (χ2v) is 5.22. The van der Waals surface area contributed by atoms with Gasteiger partial charge in [-0.1, -0.05) is 5.21 Å². The number of hydrogen-bond acceptors (Lipinski definition) is 6. The predicted octanol–water partition coefficient (Wildman–Crippen LogP) is 0.862. The lowest BCUT2D eigenvalue weighted by molar-refractivity contribution is -0.228. The summed E-state index contributed by atoms with van der Waals surface area (Å²) in [6, 6.07) is 0. The molecule has 0 N–H and O–H groups in total. The Morgan fingerprint density at radius 1 is 1.37 bits per heavy atom. The first-order chi connectivity index (χ1) is 9.04. The van der Waals surface area contributed by atoms with Crippen molar-refractivity contribution in [2.75, 3.05) is 7.11 Å². The van der Waals surface area contributed by atoms with Gasteiger partial charge in [-0.2, -0.15) is 0 Å². The van der Waals surface area contributed by atoms with E-state index in [1.165, 1.54) is 0 Å². The van der Waals surface area contributed by atoms with Gasteiger partial charge in [0.05, 0.1) is 6.20 Å². The first-order valence-electron chi connectivity index (χ1n) is 6.48. The van der Waals surface area contributed by atoms with Crippen LogP contribution < -0.4 is 0 Å². The van der Waals surface area contributed by atoms with E-state index in [-0.39, 0.29) is 18.3 Å². The van der Waals surface area contributed by atoms with Crippen LogP contribution in [0.1, 0.15) is 32.6 Å². The molecule has 2 aliphatic rings. The van der Waals surface area contributed by atoms with Crippen molar-refractivity contribution in [1.29, 1.82) is 0 Å². The summed E-state index contributed by atoms with van der Waals surface area (Å²) in [4.78, 5) is 0. The minimum absolute atomic E-state index is 0.220. The molecule has 0 radical (unpaired) electrons. The molecule has 0 aromatic carbocycles. The lowest BCUT2D eigenvalue weighted by atomic mass is 10.1. The van der Waals surface area contributed by atoms with Gasteiger partial charge in [0, 0.05) is 13.7 Å². The number of ether oxygens (including phenoxy) is 4. The average Bonchev–Trinajstić information content (AvgIpc) is 3.01. The third-order valence-corrected chi connectivity index (χ3v) is 3.42. The zero-order valence-electron chi connectivity index (χ0n) is 11.6. The van der Waals surface area contributed by atoms with Gasteiger partial charge in [-0.05, 0) is 20.8 Å². The Morgan fingerprint density at radius 3 is 2.74 bits per heavy atom. The third kappa shape index (κ3) is 2.16. The molecule has 3 rings (SSSR count). The molecular weight excluding hydrogens is 250 g/mol. The lowest BCUT2D eigenvalue weighted by Crippen LogP contribution is -2.30. The van der Waals surface area contributed by atoms with Crippen LogP contribution in [0.25, 0.3) is 0 Å². The molecule has 0 saturated carbocycles. The maximum atomic E-state index is 5.91. The number of nitrogens with zero attached hydrogens (tertiary/aromatic N) is 3. The number of rotatable bonds is 3. The fraction of sp³-hybridized carbons (Fsp3) is 0.833. The molecule has 3 heterocycles. The number of fused-ring (bicyclic) bond motifs is 1. The van der Waals surface area contributed by atoms with Crippen LogP contribution in [0.4, 0.5) is 0 Å². The zero-order valence-corrected chi connectivity index (χ0v) is 11.6. The Labute approximate surface area is 111 Å². The van der Waals surface area contributed by atoms with Crippen LogP contribution >= 0.6 is 0 Å². The highest BCUT2D eigenvalue weighted by Crippen LogP contribution is 2.44. The van der Waals surface area contributed by atoms with Crippen LogP contribution in [0.2, 0.25) is 0 Å². The zero-order chi connectivity index (χ0) is 13.6. The summed E-state index contributed by atoms with van der Waals surface area (Å²) in [5.41, 5.74) is 0.748. The van der Waals surface area contributed by atoms with Gasteiger partial charge in [0.15, 0.2) is 12.1 Å². The SMILES string of the molecule is CCn1cc([C@H]2OC(OC)[C@@H]3OC(C)(C)O[C@H]23)nn1. The molecule has 1 aromatic rings. The number of aromatic nitrogens is 3. The van der Waals surface area contributed by atoms with E-state index in [9.17, 15) is 0 Å². The summed E-state index contributed by atoms with van der Waals surface area (Å²) in [5.74, 6) is -0.630. The van der Waals surface area contributed by atoms with E-state index in [2.05, 4.69) is 10.3 Å². The van der Waals surface area contributed by atoms with Gasteiger partial charge in [0.1, 0.15) is 24.0 Å². The molecule has 1 aromatic heterocycles. The van der Waals surface area contributed by atoms with Crippen molar-refractivity contribution in [1.82, 2.24) is 15.0 Å². The summed E-state index contributed by atoms with van der Waals surface area (Å²) < 4.78 is 24.7. The Balaban J connectivity index is 1.86. The third-order valence-electron chi connectivity index (χ3n) is 3.42. The van der Waals surface area contributed by atoms with E-state index in [0.29, 0.717) is 0 Å². The van der Waals surface area contributed by atoms with E-state index in [4.69, 9.17) is 18.9 Å². The summed E-state index contributed by atoms with van der Waals surface area (Å²) in [6.45, 7) is 6.55. The van der Waals surface area contributed by atoms with Crippen LogP contribution in [-0.4, -0.2) is 46.4 Å². The standard InChI is InChI=1S/C12H19N3O4/c1-5-15-6-7(13-14-15)8-9-10(11(16-4)17-8)19-12(2,3)18-9/h6,8-11H,5H2,1-4H3/t8-,9-,10-,11?/m1/s1. The van der Waals surface area contributed by atoms with Gasteiger partial charge in [0.25, 0.3) is 0 Å². The van der Waals surface area contributed by atoms with Gasteiger partial charge in [0.2, 0.25) is 0 Å². The molecule has 2 saturated heterocycles. The van der Waals surface area contributed by atoms with Crippen LogP contribution in [-0.2, 0) is 25.5 Å². The Hall–Kier alpha value is -1.02. The highest BCUT2D eigenvalue weighted by molar-refractivity contribution is 5.08. The number of methoxy groups -OCH3 is 1. The minimum atomic E-state index is -0.630. The Bertz CT molecular complexity index is 462. The predicted molar refractivity (Wildman–Crippen MR) is 64.1 cm³/mol. The largest absolute Gasteiger partial charge is 0.353 e. The first kappa shape index (κ1) is 13.0. The number of aryl methyl sites for hydroxylation is 1. The van der Waals surface area contributed by atoms with E-state index >= 15 is 0 Å². The first-order valence-corrected chi connectivity index (χ1v) is 6.48. The van der Waals surface area contributed by atoms with Crippen molar-refractivity contribution in [3.05, 3.63) is 11.9 Å². The van der Waals surface area contributed by atoms with Crippen molar-refractivity contribution in [3.63, 3.8) is 0 Å². The average molecular weight is 269 g/mol. The Kier molecular flexibility index (Phi) is 3.09.